The molecule has 5 aromatic rings. The molecule has 190 valence electrons. The molecule has 1 aromatic heterocycles. The van der Waals surface area contributed by atoms with Gasteiger partial charge < -0.3 is 10.1 Å². The highest BCUT2D eigenvalue weighted by molar-refractivity contribution is 7.99. The van der Waals surface area contributed by atoms with Gasteiger partial charge >= 0.3 is 0 Å². The molecule has 38 heavy (non-hydrogen) atoms. The van der Waals surface area contributed by atoms with Crippen LogP contribution in [0.15, 0.2) is 113 Å². The molecule has 0 aliphatic carbocycles. The molecule has 0 spiro atoms. The van der Waals surface area contributed by atoms with E-state index >= 15 is 0 Å². The number of thioether (sulfide) groups is 1. The van der Waals surface area contributed by atoms with Crippen molar-refractivity contribution < 1.29 is 9.53 Å². The molecule has 0 saturated heterocycles. The highest BCUT2D eigenvalue weighted by Gasteiger charge is 2.18. The standard InChI is InChI=1S/C31H27N3O3S/c1-21(2)25-15-7-9-18-28(25)34-30(36)26-16-6-8-17-27(26)33-31(34)38-20-29(35)32-22-11-10-14-24(19-22)37-23-12-4-3-5-13-23/h3-19,21H,20H2,1-2H3,(H,32,35). The summed E-state index contributed by atoms with van der Waals surface area (Å²) in [6, 6.07) is 31.8. The first-order valence-corrected chi connectivity index (χ1v) is 13.3. The van der Waals surface area contributed by atoms with Gasteiger partial charge in [0.15, 0.2) is 5.16 Å². The van der Waals surface area contributed by atoms with Crippen molar-refractivity contribution in [1.29, 1.82) is 0 Å². The van der Waals surface area contributed by atoms with E-state index in [0.717, 1.165) is 11.3 Å². The molecular weight excluding hydrogens is 494 g/mol. The lowest BCUT2D eigenvalue weighted by Gasteiger charge is -2.18. The zero-order valence-corrected chi connectivity index (χ0v) is 21.9. The van der Waals surface area contributed by atoms with E-state index in [2.05, 4.69) is 19.2 Å². The summed E-state index contributed by atoms with van der Waals surface area (Å²) in [5.41, 5.74) is 2.88. The predicted molar refractivity (Wildman–Crippen MR) is 154 cm³/mol. The summed E-state index contributed by atoms with van der Waals surface area (Å²) in [6.07, 6.45) is 0. The molecule has 0 bridgehead atoms. The Hall–Kier alpha value is -4.36. The summed E-state index contributed by atoms with van der Waals surface area (Å²) in [5, 5.41) is 3.93. The monoisotopic (exact) mass is 521 g/mol. The molecule has 0 radical (unpaired) electrons. The van der Waals surface area contributed by atoms with Crippen LogP contribution in [0.1, 0.15) is 25.3 Å². The van der Waals surface area contributed by atoms with Crippen LogP contribution in [-0.2, 0) is 4.79 Å². The first-order chi connectivity index (χ1) is 18.5. The number of hydrogen-bond donors (Lipinski definition) is 1. The third-order valence-electron chi connectivity index (χ3n) is 5.97. The first kappa shape index (κ1) is 25.3. The molecule has 0 fully saturated rings. The van der Waals surface area contributed by atoms with E-state index in [1.165, 1.54) is 11.8 Å². The molecule has 0 aliphatic heterocycles. The van der Waals surface area contributed by atoms with Crippen LogP contribution in [0.3, 0.4) is 0 Å². The number of benzene rings is 4. The number of carbonyl (C=O) groups excluding carboxylic acids is 1. The minimum absolute atomic E-state index is 0.0817. The average Bonchev–Trinajstić information content (AvgIpc) is 2.93. The molecule has 0 atom stereocenters. The van der Waals surface area contributed by atoms with Crippen molar-refractivity contribution in [2.75, 3.05) is 11.1 Å². The summed E-state index contributed by atoms with van der Waals surface area (Å²) in [4.78, 5) is 31.4. The highest BCUT2D eigenvalue weighted by Crippen LogP contribution is 2.28. The van der Waals surface area contributed by atoms with Crippen LogP contribution in [0.2, 0.25) is 0 Å². The summed E-state index contributed by atoms with van der Waals surface area (Å²) in [7, 11) is 0. The van der Waals surface area contributed by atoms with Crippen LogP contribution in [-0.4, -0.2) is 21.2 Å². The summed E-state index contributed by atoms with van der Waals surface area (Å²) < 4.78 is 7.50. The van der Waals surface area contributed by atoms with Gasteiger partial charge in [-0.2, -0.15) is 0 Å². The van der Waals surface area contributed by atoms with Gasteiger partial charge in [-0.3, -0.25) is 14.2 Å². The van der Waals surface area contributed by atoms with Crippen LogP contribution >= 0.6 is 11.8 Å². The maximum Gasteiger partial charge on any atom is 0.266 e. The minimum atomic E-state index is -0.210. The van der Waals surface area contributed by atoms with Crippen LogP contribution in [0.25, 0.3) is 16.6 Å². The quantitative estimate of drug-likeness (QED) is 0.175. The van der Waals surface area contributed by atoms with Gasteiger partial charge in [0, 0.05) is 11.8 Å². The van der Waals surface area contributed by atoms with Crippen LogP contribution < -0.4 is 15.6 Å². The highest BCUT2D eigenvalue weighted by atomic mass is 32.2. The molecule has 0 aliphatic rings. The Morgan fingerprint density at radius 3 is 2.42 bits per heavy atom. The Balaban J connectivity index is 1.40. The van der Waals surface area contributed by atoms with Gasteiger partial charge in [0.25, 0.3) is 5.56 Å². The van der Waals surface area contributed by atoms with Crippen molar-refractivity contribution in [3.05, 3.63) is 119 Å². The van der Waals surface area contributed by atoms with Gasteiger partial charge in [0.2, 0.25) is 5.91 Å². The molecule has 0 saturated carbocycles. The lowest BCUT2D eigenvalue weighted by atomic mass is 10.0. The number of nitrogens with one attached hydrogen (secondary N) is 1. The van der Waals surface area contributed by atoms with E-state index in [4.69, 9.17) is 9.72 Å². The molecule has 4 aromatic carbocycles. The number of carbonyl (C=O) groups is 1. The summed E-state index contributed by atoms with van der Waals surface area (Å²) in [6.45, 7) is 4.18. The van der Waals surface area contributed by atoms with Gasteiger partial charge in [-0.25, -0.2) is 4.98 Å². The van der Waals surface area contributed by atoms with Gasteiger partial charge in [-0.1, -0.05) is 80.2 Å². The second kappa shape index (κ2) is 11.4. The molecule has 0 unspecified atom stereocenters. The SMILES string of the molecule is CC(C)c1ccccc1-n1c(SCC(=O)Nc2cccc(Oc3ccccc3)c2)nc2ccccc2c1=O. The molecule has 5 rings (SSSR count). The fourth-order valence-electron chi connectivity index (χ4n) is 4.19. The predicted octanol–water partition coefficient (Wildman–Crippen LogP) is 7.03. The van der Waals surface area contributed by atoms with Crippen molar-refractivity contribution in [2.24, 2.45) is 0 Å². The Bertz CT molecular complexity index is 1650. The Morgan fingerprint density at radius 1 is 0.895 bits per heavy atom. The Morgan fingerprint density at radius 2 is 1.61 bits per heavy atom. The van der Waals surface area contributed by atoms with E-state index in [1.54, 1.807) is 16.7 Å². The van der Waals surface area contributed by atoms with Crippen LogP contribution in [0.5, 0.6) is 11.5 Å². The fraction of sp³-hybridized carbons (Fsp3) is 0.129. The molecule has 1 heterocycles. The Labute approximate surface area is 225 Å². The average molecular weight is 522 g/mol. The summed E-state index contributed by atoms with van der Waals surface area (Å²) >= 11 is 1.23. The second-order valence-corrected chi connectivity index (χ2v) is 9.99. The Kier molecular flexibility index (Phi) is 7.56. The third kappa shape index (κ3) is 5.63. The van der Waals surface area contributed by atoms with E-state index in [9.17, 15) is 9.59 Å². The molecule has 1 N–H and O–H groups in total. The van der Waals surface area contributed by atoms with Crippen molar-refractivity contribution >= 4 is 34.3 Å². The number of ether oxygens (including phenoxy) is 1. The van der Waals surface area contributed by atoms with E-state index < -0.39 is 0 Å². The molecular formula is C31H27N3O3S. The lowest BCUT2D eigenvalue weighted by molar-refractivity contribution is -0.113. The maximum absolute atomic E-state index is 13.6. The number of aromatic nitrogens is 2. The van der Waals surface area contributed by atoms with Gasteiger partial charge in [-0.15, -0.1) is 0 Å². The maximum atomic E-state index is 13.6. The minimum Gasteiger partial charge on any atom is -0.457 e. The number of amides is 1. The first-order valence-electron chi connectivity index (χ1n) is 12.4. The third-order valence-corrected chi connectivity index (χ3v) is 6.91. The number of anilines is 1. The van der Waals surface area contributed by atoms with E-state index in [-0.39, 0.29) is 23.1 Å². The number of fused-ring (bicyclic) bond motifs is 1. The molecule has 1 amide bonds. The normalized spacial score (nSPS) is 11.0. The van der Waals surface area contributed by atoms with E-state index in [0.29, 0.717) is 33.2 Å². The van der Waals surface area contributed by atoms with Crippen molar-refractivity contribution in [3.63, 3.8) is 0 Å². The largest absolute Gasteiger partial charge is 0.457 e. The topological polar surface area (TPSA) is 73.2 Å². The number of para-hydroxylation sites is 3. The van der Waals surface area contributed by atoms with Gasteiger partial charge in [-0.05, 0) is 53.9 Å². The zero-order chi connectivity index (χ0) is 26.5. The van der Waals surface area contributed by atoms with Crippen LogP contribution in [0.4, 0.5) is 5.69 Å². The van der Waals surface area contributed by atoms with E-state index in [1.807, 2.05) is 91.0 Å². The fourth-order valence-corrected chi connectivity index (χ4v) is 5.00. The van der Waals surface area contributed by atoms with Crippen molar-refractivity contribution in [3.8, 4) is 17.2 Å². The van der Waals surface area contributed by atoms with Crippen LogP contribution in [0, 0.1) is 0 Å². The zero-order valence-electron chi connectivity index (χ0n) is 21.1. The molecule has 7 heteroatoms. The number of nitrogens with zero attached hydrogens (tertiary/aromatic N) is 2. The number of rotatable bonds is 8. The van der Waals surface area contributed by atoms with Gasteiger partial charge in [0.1, 0.15) is 11.5 Å². The summed E-state index contributed by atoms with van der Waals surface area (Å²) in [5.74, 6) is 1.41. The van der Waals surface area contributed by atoms with Crippen molar-refractivity contribution in [1.82, 2.24) is 9.55 Å². The second-order valence-electron chi connectivity index (χ2n) is 9.05. The lowest BCUT2D eigenvalue weighted by Crippen LogP contribution is -2.24. The van der Waals surface area contributed by atoms with Crippen molar-refractivity contribution in [2.45, 2.75) is 24.9 Å². The van der Waals surface area contributed by atoms with Gasteiger partial charge in [0.05, 0.1) is 22.3 Å². The smallest absolute Gasteiger partial charge is 0.266 e. The number of hydrogen-bond acceptors (Lipinski definition) is 5. The molecule has 6 nitrogen and oxygen atoms in total.